The SMILES string of the molecule is COC(=O)C1=NN[C@@H]2C(=O)N(c3c(Cl)cccc3Cl)C(=O)[C@@H]12. The predicted octanol–water partition coefficient (Wildman–Crippen LogP) is 0.984. The van der Waals surface area contributed by atoms with Crippen molar-refractivity contribution in [1.82, 2.24) is 5.43 Å². The van der Waals surface area contributed by atoms with Crippen LogP contribution in [0.4, 0.5) is 5.69 Å². The molecule has 9 heteroatoms. The summed E-state index contributed by atoms with van der Waals surface area (Å²) in [5.41, 5.74) is 2.45. The van der Waals surface area contributed by atoms with E-state index in [2.05, 4.69) is 15.3 Å². The van der Waals surface area contributed by atoms with Gasteiger partial charge in [-0.2, -0.15) is 5.10 Å². The van der Waals surface area contributed by atoms with Crippen LogP contribution in [0.25, 0.3) is 0 Å². The van der Waals surface area contributed by atoms with Gasteiger partial charge in [-0.3, -0.25) is 15.0 Å². The quantitative estimate of drug-likeness (QED) is 0.640. The zero-order valence-electron chi connectivity index (χ0n) is 11.2. The van der Waals surface area contributed by atoms with Crippen LogP contribution in [0, 0.1) is 5.92 Å². The second kappa shape index (κ2) is 5.26. The van der Waals surface area contributed by atoms with Crippen molar-refractivity contribution in [2.45, 2.75) is 6.04 Å². The Balaban J connectivity index is 2.04. The lowest BCUT2D eigenvalue weighted by Gasteiger charge is -2.18. The molecule has 114 valence electrons. The summed E-state index contributed by atoms with van der Waals surface area (Å²) in [6, 6.07) is 3.66. The average molecular weight is 342 g/mol. The van der Waals surface area contributed by atoms with Gasteiger partial charge in [0.15, 0.2) is 5.71 Å². The van der Waals surface area contributed by atoms with Crippen molar-refractivity contribution >= 4 is 52.4 Å². The Morgan fingerprint density at radius 1 is 1.27 bits per heavy atom. The van der Waals surface area contributed by atoms with E-state index >= 15 is 0 Å². The number of benzene rings is 1. The summed E-state index contributed by atoms with van der Waals surface area (Å²) in [6.45, 7) is 0. The number of fused-ring (bicyclic) bond motifs is 1. The first-order valence-corrected chi connectivity index (χ1v) is 6.96. The van der Waals surface area contributed by atoms with E-state index < -0.39 is 29.7 Å². The number of hydrazone groups is 1. The van der Waals surface area contributed by atoms with Crippen molar-refractivity contribution in [3.63, 3.8) is 0 Å². The Bertz CT molecular complexity index is 714. The third-order valence-electron chi connectivity index (χ3n) is 3.48. The van der Waals surface area contributed by atoms with Crippen LogP contribution in [0.5, 0.6) is 0 Å². The van der Waals surface area contributed by atoms with E-state index in [4.69, 9.17) is 23.2 Å². The van der Waals surface area contributed by atoms with Crippen molar-refractivity contribution in [2.75, 3.05) is 12.0 Å². The molecule has 3 rings (SSSR count). The van der Waals surface area contributed by atoms with Gasteiger partial charge in [-0.15, -0.1) is 0 Å². The molecule has 1 aromatic carbocycles. The van der Waals surface area contributed by atoms with Crippen molar-refractivity contribution < 1.29 is 19.1 Å². The number of halogens is 2. The second-order valence-electron chi connectivity index (χ2n) is 4.66. The summed E-state index contributed by atoms with van der Waals surface area (Å²) in [5.74, 6) is -3.02. The lowest BCUT2D eigenvalue weighted by Crippen LogP contribution is -2.36. The fourth-order valence-electron chi connectivity index (χ4n) is 2.49. The van der Waals surface area contributed by atoms with Crippen molar-refractivity contribution in [3.8, 4) is 0 Å². The zero-order chi connectivity index (χ0) is 16.0. The maximum Gasteiger partial charge on any atom is 0.355 e. The van der Waals surface area contributed by atoms with E-state index in [0.29, 0.717) is 0 Å². The topological polar surface area (TPSA) is 88.1 Å². The molecule has 2 aliphatic heterocycles. The molecule has 1 fully saturated rings. The average Bonchev–Trinajstić information content (AvgIpc) is 3.02. The van der Waals surface area contributed by atoms with Crippen LogP contribution in [0.2, 0.25) is 10.0 Å². The van der Waals surface area contributed by atoms with Crippen molar-refractivity contribution in [3.05, 3.63) is 28.2 Å². The van der Waals surface area contributed by atoms with Gasteiger partial charge in [0.05, 0.1) is 22.8 Å². The van der Waals surface area contributed by atoms with E-state index in [1.165, 1.54) is 19.2 Å². The van der Waals surface area contributed by atoms with E-state index in [9.17, 15) is 14.4 Å². The molecule has 2 aliphatic rings. The third kappa shape index (κ3) is 1.97. The van der Waals surface area contributed by atoms with Crippen LogP contribution in [-0.4, -0.2) is 36.6 Å². The molecule has 1 saturated heterocycles. The van der Waals surface area contributed by atoms with Crippen LogP contribution in [-0.2, 0) is 19.1 Å². The highest BCUT2D eigenvalue weighted by molar-refractivity contribution is 6.48. The number of esters is 1. The highest BCUT2D eigenvalue weighted by atomic mass is 35.5. The van der Waals surface area contributed by atoms with Gasteiger partial charge in [0.25, 0.3) is 5.91 Å². The highest BCUT2D eigenvalue weighted by Crippen LogP contribution is 2.39. The minimum atomic E-state index is -1.05. The number of imide groups is 1. The molecule has 0 bridgehead atoms. The number of hydrogen-bond donors (Lipinski definition) is 1. The van der Waals surface area contributed by atoms with Crippen LogP contribution in [0.3, 0.4) is 0 Å². The Morgan fingerprint density at radius 3 is 2.50 bits per heavy atom. The molecular formula is C13H9Cl2N3O4. The molecule has 0 radical (unpaired) electrons. The summed E-state index contributed by atoms with van der Waals surface area (Å²) >= 11 is 12.1. The third-order valence-corrected chi connectivity index (χ3v) is 4.09. The number of para-hydroxylation sites is 1. The largest absolute Gasteiger partial charge is 0.464 e. The molecule has 0 spiro atoms. The number of rotatable bonds is 2. The van der Waals surface area contributed by atoms with Gasteiger partial charge in [0, 0.05) is 0 Å². The molecule has 2 heterocycles. The molecule has 0 unspecified atom stereocenters. The summed E-state index contributed by atoms with van der Waals surface area (Å²) in [7, 11) is 1.17. The minimum absolute atomic E-state index is 0.0984. The van der Waals surface area contributed by atoms with Crippen molar-refractivity contribution in [2.24, 2.45) is 11.0 Å². The smallest absolute Gasteiger partial charge is 0.355 e. The molecule has 0 saturated carbocycles. The van der Waals surface area contributed by atoms with Gasteiger partial charge >= 0.3 is 5.97 Å². The number of amides is 2. The lowest BCUT2D eigenvalue weighted by atomic mass is 9.99. The van der Waals surface area contributed by atoms with Crippen LogP contribution < -0.4 is 10.3 Å². The molecular weight excluding hydrogens is 333 g/mol. The predicted molar refractivity (Wildman–Crippen MR) is 78.8 cm³/mol. The Kier molecular flexibility index (Phi) is 3.54. The van der Waals surface area contributed by atoms with Crippen molar-refractivity contribution in [1.29, 1.82) is 0 Å². The Morgan fingerprint density at radius 2 is 1.91 bits per heavy atom. The molecule has 1 aromatic rings. The zero-order valence-corrected chi connectivity index (χ0v) is 12.7. The molecule has 0 aliphatic carbocycles. The first kappa shape index (κ1) is 14.8. The normalized spacial score (nSPS) is 23.2. The molecule has 22 heavy (non-hydrogen) atoms. The number of carbonyl (C=O) groups is 3. The number of carbonyl (C=O) groups excluding carboxylic acids is 3. The number of anilines is 1. The first-order chi connectivity index (χ1) is 10.5. The number of hydrogen-bond acceptors (Lipinski definition) is 6. The number of ether oxygens (including phenoxy) is 1. The second-order valence-corrected chi connectivity index (χ2v) is 5.47. The number of nitrogens with zero attached hydrogens (tertiary/aromatic N) is 2. The highest BCUT2D eigenvalue weighted by Gasteiger charge is 2.56. The molecule has 7 nitrogen and oxygen atoms in total. The monoisotopic (exact) mass is 341 g/mol. The lowest BCUT2D eigenvalue weighted by molar-refractivity contribution is -0.133. The number of nitrogens with one attached hydrogen (secondary N) is 1. The van der Waals surface area contributed by atoms with Gasteiger partial charge in [0.2, 0.25) is 5.91 Å². The summed E-state index contributed by atoms with van der Waals surface area (Å²) in [6.07, 6.45) is 0. The Labute approximate surface area is 134 Å². The van der Waals surface area contributed by atoms with E-state index in [1.807, 2.05) is 0 Å². The van der Waals surface area contributed by atoms with Crippen LogP contribution in [0.1, 0.15) is 0 Å². The van der Waals surface area contributed by atoms with Crippen LogP contribution >= 0.6 is 23.2 Å². The molecule has 2 amide bonds. The van der Waals surface area contributed by atoms with Crippen LogP contribution in [0.15, 0.2) is 23.3 Å². The summed E-state index contributed by atoms with van der Waals surface area (Å²) in [4.78, 5) is 37.6. The van der Waals surface area contributed by atoms with E-state index in [1.54, 1.807) is 6.07 Å². The van der Waals surface area contributed by atoms with Gasteiger partial charge in [0.1, 0.15) is 12.0 Å². The fraction of sp³-hybridized carbons (Fsp3) is 0.231. The van der Waals surface area contributed by atoms with Gasteiger partial charge in [-0.05, 0) is 12.1 Å². The first-order valence-electron chi connectivity index (χ1n) is 6.20. The fourth-order valence-corrected chi connectivity index (χ4v) is 3.05. The van der Waals surface area contributed by atoms with E-state index in [0.717, 1.165) is 4.90 Å². The minimum Gasteiger partial charge on any atom is -0.464 e. The van der Waals surface area contributed by atoms with E-state index in [-0.39, 0.29) is 21.4 Å². The van der Waals surface area contributed by atoms with Gasteiger partial charge in [-0.25, -0.2) is 9.69 Å². The Hall–Kier alpha value is -2.12. The number of methoxy groups -OCH3 is 1. The molecule has 2 atom stereocenters. The maximum absolute atomic E-state index is 12.6. The standard InChI is InChI=1S/C13H9Cl2N3O4/c1-22-13(21)9-7-8(16-17-9)12(20)18(11(7)19)10-5(14)3-2-4-6(10)15/h2-4,7-8,16H,1H3/t7-,8+/m1/s1. The maximum atomic E-state index is 12.6. The molecule has 1 N–H and O–H groups in total. The summed E-state index contributed by atoms with van der Waals surface area (Å²) in [5, 5.41) is 4.04. The van der Waals surface area contributed by atoms with Gasteiger partial charge < -0.3 is 4.74 Å². The van der Waals surface area contributed by atoms with Gasteiger partial charge in [-0.1, -0.05) is 29.3 Å². The molecule has 0 aromatic heterocycles. The summed E-state index contributed by atoms with van der Waals surface area (Å²) < 4.78 is 4.57.